The summed E-state index contributed by atoms with van der Waals surface area (Å²) in [5.74, 6) is 0.0586. The van der Waals surface area contributed by atoms with Gasteiger partial charge >= 0.3 is 0 Å². The Morgan fingerprint density at radius 2 is 2.22 bits per heavy atom. The molecule has 3 nitrogen and oxygen atoms in total. The van der Waals surface area contributed by atoms with E-state index in [-0.39, 0.29) is 17.3 Å². The van der Waals surface area contributed by atoms with E-state index in [4.69, 9.17) is 5.26 Å². The number of nitriles is 1. The average molecular weight is 240 g/mol. The van der Waals surface area contributed by atoms with E-state index in [1.165, 1.54) is 0 Å². The van der Waals surface area contributed by atoms with Gasteiger partial charge in [0.1, 0.15) is 6.07 Å². The van der Waals surface area contributed by atoms with Gasteiger partial charge < -0.3 is 0 Å². The van der Waals surface area contributed by atoms with Gasteiger partial charge in [-0.15, -0.1) is 0 Å². The second-order valence-electron chi connectivity index (χ2n) is 4.75. The Hall–Kier alpha value is -1.95. The molecule has 18 heavy (non-hydrogen) atoms. The van der Waals surface area contributed by atoms with Crippen molar-refractivity contribution >= 4 is 11.9 Å². The molecule has 0 aliphatic heterocycles. The van der Waals surface area contributed by atoms with E-state index < -0.39 is 0 Å². The van der Waals surface area contributed by atoms with Crippen LogP contribution >= 0.6 is 0 Å². The highest BCUT2D eigenvalue weighted by atomic mass is 16.1. The summed E-state index contributed by atoms with van der Waals surface area (Å²) in [6.45, 7) is 1.89. The Morgan fingerprint density at radius 3 is 2.83 bits per heavy atom. The molecular formula is C15H16N2O. The molecule has 1 aliphatic carbocycles. The molecule has 3 heteroatoms. The number of ketones is 1. The zero-order chi connectivity index (χ0) is 13.0. The lowest BCUT2D eigenvalue weighted by molar-refractivity contribution is -0.118. The minimum absolute atomic E-state index is 0.00413. The Kier molecular flexibility index (Phi) is 3.88. The Labute approximate surface area is 107 Å². The number of carbonyl (C=O) groups is 1. The van der Waals surface area contributed by atoms with Gasteiger partial charge in [-0.2, -0.15) is 5.26 Å². The van der Waals surface area contributed by atoms with Crippen LogP contribution < -0.4 is 0 Å². The maximum absolute atomic E-state index is 12.2. The van der Waals surface area contributed by atoms with E-state index in [9.17, 15) is 4.79 Å². The first-order chi connectivity index (χ1) is 8.70. The molecule has 1 aromatic heterocycles. The number of hydrogen-bond donors (Lipinski definition) is 0. The predicted molar refractivity (Wildman–Crippen MR) is 69.5 cm³/mol. The van der Waals surface area contributed by atoms with E-state index >= 15 is 0 Å². The van der Waals surface area contributed by atoms with E-state index in [1.807, 2.05) is 25.1 Å². The number of Topliss-reactive ketones (excluding diaryl/α,β-unsaturated/α-hetero) is 1. The molecular weight excluding hydrogens is 224 g/mol. The molecule has 0 spiro atoms. The molecule has 92 valence electrons. The average Bonchev–Trinajstić information content (AvgIpc) is 2.89. The number of allylic oxidation sites excluding steroid dienone is 1. The Balaban J connectivity index is 2.23. The van der Waals surface area contributed by atoms with Crippen LogP contribution in [-0.2, 0) is 4.79 Å². The Bertz CT molecular complexity index is 520. The summed E-state index contributed by atoms with van der Waals surface area (Å²) in [6.07, 6.45) is 7.42. The highest BCUT2D eigenvalue weighted by Gasteiger charge is 2.25. The molecule has 0 amide bonds. The molecule has 0 unspecified atom stereocenters. The smallest absolute Gasteiger partial charge is 0.176 e. The molecule has 0 atom stereocenters. The molecule has 0 bridgehead atoms. The van der Waals surface area contributed by atoms with Crippen molar-refractivity contribution in [1.82, 2.24) is 4.98 Å². The van der Waals surface area contributed by atoms with Crippen LogP contribution in [0, 0.1) is 24.2 Å². The van der Waals surface area contributed by atoms with Gasteiger partial charge in [-0.3, -0.25) is 9.78 Å². The van der Waals surface area contributed by atoms with Crippen LogP contribution in [0.5, 0.6) is 0 Å². The monoisotopic (exact) mass is 240 g/mol. The lowest BCUT2D eigenvalue weighted by atomic mass is 9.95. The van der Waals surface area contributed by atoms with Crippen molar-refractivity contribution in [1.29, 1.82) is 5.26 Å². The maximum Gasteiger partial charge on any atom is 0.176 e. The van der Waals surface area contributed by atoms with Crippen molar-refractivity contribution in [2.75, 3.05) is 0 Å². The molecule has 0 aromatic carbocycles. The van der Waals surface area contributed by atoms with E-state index in [0.29, 0.717) is 0 Å². The first-order valence-corrected chi connectivity index (χ1v) is 6.29. The molecule has 0 N–H and O–H groups in total. The number of rotatable bonds is 3. The van der Waals surface area contributed by atoms with Crippen molar-refractivity contribution in [2.24, 2.45) is 5.92 Å². The summed E-state index contributed by atoms with van der Waals surface area (Å²) < 4.78 is 0. The van der Waals surface area contributed by atoms with Crippen LogP contribution in [-0.4, -0.2) is 10.8 Å². The zero-order valence-electron chi connectivity index (χ0n) is 10.5. The van der Waals surface area contributed by atoms with E-state index in [1.54, 1.807) is 12.3 Å². The third kappa shape index (κ3) is 2.84. The lowest BCUT2D eigenvalue weighted by Gasteiger charge is -2.06. The van der Waals surface area contributed by atoms with Gasteiger partial charge in [0.2, 0.25) is 0 Å². The fourth-order valence-electron chi connectivity index (χ4n) is 2.39. The van der Waals surface area contributed by atoms with Crippen LogP contribution in [0.2, 0.25) is 0 Å². The van der Waals surface area contributed by atoms with Gasteiger partial charge in [0.15, 0.2) is 5.78 Å². The van der Waals surface area contributed by atoms with Crippen molar-refractivity contribution in [3.05, 3.63) is 35.2 Å². The van der Waals surface area contributed by atoms with Crippen molar-refractivity contribution in [3.63, 3.8) is 0 Å². The molecule has 0 radical (unpaired) electrons. The Morgan fingerprint density at radius 1 is 1.50 bits per heavy atom. The normalized spacial score (nSPS) is 16.6. The van der Waals surface area contributed by atoms with Crippen LogP contribution in [0.15, 0.2) is 23.9 Å². The fourth-order valence-corrected chi connectivity index (χ4v) is 2.39. The molecule has 1 heterocycles. The molecule has 1 saturated carbocycles. The molecule has 2 rings (SSSR count). The SMILES string of the molecule is Cc1cc(/C=C(\C#N)C(=O)C2CCCC2)ccn1. The lowest BCUT2D eigenvalue weighted by Crippen LogP contribution is -2.12. The summed E-state index contributed by atoms with van der Waals surface area (Å²) in [7, 11) is 0. The van der Waals surface area contributed by atoms with E-state index in [2.05, 4.69) is 4.98 Å². The second kappa shape index (κ2) is 5.59. The first-order valence-electron chi connectivity index (χ1n) is 6.29. The largest absolute Gasteiger partial charge is 0.293 e. The van der Waals surface area contributed by atoms with Crippen molar-refractivity contribution in [2.45, 2.75) is 32.6 Å². The minimum atomic E-state index is 0.00413. The van der Waals surface area contributed by atoms with Crippen LogP contribution in [0.1, 0.15) is 36.9 Å². The van der Waals surface area contributed by atoms with Gasteiger partial charge in [-0.05, 0) is 43.5 Å². The maximum atomic E-state index is 12.2. The number of hydrogen-bond acceptors (Lipinski definition) is 3. The number of pyridine rings is 1. The van der Waals surface area contributed by atoms with Gasteiger partial charge in [-0.25, -0.2) is 0 Å². The quantitative estimate of drug-likeness (QED) is 0.602. The molecule has 0 saturated heterocycles. The fraction of sp³-hybridized carbons (Fsp3) is 0.400. The first kappa shape index (κ1) is 12.5. The highest BCUT2D eigenvalue weighted by Crippen LogP contribution is 2.28. The highest BCUT2D eigenvalue weighted by molar-refractivity contribution is 6.04. The third-order valence-corrected chi connectivity index (χ3v) is 3.34. The number of aryl methyl sites for hydroxylation is 1. The number of carbonyl (C=O) groups excluding carboxylic acids is 1. The summed E-state index contributed by atoms with van der Waals surface area (Å²) in [4.78, 5) is 16.3. The standard InChI is InChI=1S/C15H16N2O/c1-11-8-12(6-7-17-11)9-14(10-16)15(18)13-4-2-3-5-13/h6-9,13H,2-5H2,1H3/b14-9+. The summed E-state index contributed by atoms with van der Waals surface area (Å²) in [6, 6.07) is 5.72. The molecule has 1 fully saturated rings. The molecule has 1 aliphatic rings. The van der Waals surface area contributed by atoms with Crippen LogP contribution in [0.4, 0.5) is 0 Å². The second-order valence-corrected chi connectivity index (χ2v) is 4.75. The van der Waals surface area contributed by atoms with Crippen LogP contribution in [0.3, 0.4) is 0 Å². The number of nitrogens with zero attached hydrogens (tertiary/aromatic N) is 2. The summed E-state index contributed by atoms with van der Waals surface area (Å²) in [5, 5.41) is 9.13. The number of aromatic nitrogens is 1. The topological polar surface area (TPSA) is 53.8 Å². The van der Waals surface area contributed by atoms with Gasteiger partial charge in [0.25, 0.3) is 0 Å². The van der Waals surface area contributed by atoms with Crippen molar-refractivity contribution < 1.29 is 4.79 Å². The summed E-state index contributed by atoms with van der Waals surface area (Å²) in [5.41, 5.74) is 2.02. The van der Waals surface area contributed by atoms with Gasteiger partial charge in [0.05, 0.1) is 5.57 Å². The van der Waals surface area contributed by atoms with Crippen molar-refractivity contribution in [3.8, 4) is 6.07 Å². The van der Waals surface area contributed by atoms with Gasteiger partial charge in [0, 0.05) is 17.8 Å². The van der Waals surface area contributed by atoms with Crippen LogP contribution in [0.25, 0.3) is 6.08 Å². The van der Waals surface area contributed by atoms with Gasteiger partial charge in [-0.1, -0.05) is 12.8 Å². The predicted octanol–water partition coefficient (Wildman–Crippen LogP) is 3.06. The molecule has 1 aromatic rings. The minimum Gasteiger partial charge on any atom is -0.293 e. The third-order valence-electron chi connectivity index (χ3n) is 3.34. The summed E-state index contributed by atoms with van der Waals surface area (Å²) >= 11 is 0. The van der Waals surface area contributed by atoms with E-state index in [0.717, 1.165) is 36.9 Å². The zero-order valence-corrected chi connectivity index (χ0v) is 10.5.